The molecular formula is C16H25ClN2O2S. The minimum atomic E-state index is -0.453. The van der Waals surface area contributed by atoms with Gasteiger partial charge in [0.25, 0.3) is 0 Å². The minimum Gasteiger partial charge on any atom is -0.444 e. The Morgan fingerprint density at radius 2 is 2.23 bits per heavy atom. The summed E-state index contributed by atoms with van der Waals surface area (Å²) in [5, 5.41) is 3.55. The van der Waals surface area contributed by atoms with Gasteiger partial charge in [-0.25, -0.2) is 4.79 Å². The molecule has 1 amide bonds. The second-order valence-electron chi connectivity index (χ2n) is 6.75. The maximum Gasteiger partial charge on any atom is 0.410 e. The van der Waals surface area contributed by atoms with Crippen molar-refractivity contribution in [1.29, 1.82) is 0 Å². The summed E-state index contributed by atoms with van der Waals surface area (Å²) in [6.45, 7) is 9.33. The molecule has 2 atom stereocenters. The first-order valence-electron chi connectivity index (χ1n) is 7.73. The lowest BCUT2D eigenvalue weighted by atomic mass is 9.98. The third-order valence-electron chi connectivity index (χ3n) is 3.78. The van der Waals surface area contributed by atoms with Gasteiger partial charge in [0.15, 0.2) is 0 Å². The third kappa shape index (κ3) is 4.86. The Hall–Kier alpha value is -0.780. The van der Waals surface area contributed by atoms with Gasteiger partial charge in [-0.05, 0) is 52.7 Å². The maximum absolute atomic E-state index is 12.3. The lowest BCUT2D eigenvalue weighted by Crippen LogP contribution is -2.55. The van der Waals surface area contributed by atoms with Gasteiger partial charge in [0, 0.05) is 30.1 Å². The topological polar surface area (TPSA) is 41.6 Å². The number of rotatable bonds is 3. The average Bonchev–Trinajstić information content (AvgIpc) is 2.81. The summed E-state index contributed by atoms with van der Waals surface area (Å²) in [6.07, 6.45) is 1.84. The summed E-state index contributed by atoms with van der Waals surface area (Å²) in [5.41, 5.74) is -0.453. The van der Waals surface area contributed by atoms with Crippen molar-refractivity contribution in [2.75, 3.05) is 6.54 Å². The third-order valence-corrected chi connectivity index (χ3v) is 5.01. The number of hydrogen-bond acceptors (Lipinski definition) is 4. The Balaban J connectivity index is 1.91. The molecule has 1 aliphatic rings. The molecule has 4 nitrogen and oxygen atoms in total. The van der Waals surface area contributed by atoms with E-state index in [-0.39, 0.29) is 18.2 Å². The number of nitrogens with zero attached hydrogens (tertiary/aromatic N) is 1. The molecule has 1 aromatic rings. The van der Waals surface area contributed by atoms with Gasteiger partial charge in [0.05, 0.1) is 4.34 Å². The molecule has 0 radical (unpaired) electrons. The monoisotopic (exact) mass is 344 g/mol. The average molecular weight is 345 g/mol. The van der Waals surface area contributed by atoms with Crippen molar-refractivity contribution in [1.82, 2.24) is 10.2 Å². The molecule has 0 bridgehead atoms. The van der Waals surface area contributed by atoms with Crippen molar-refractivity contribution < 1.29 is 9.53 Å². The maximum atomic E-state index is 12.3. The van der Waals surface area contributed by atoms with Crippen LogP contribution in [0.25, 0.3) is 0 Å². The van der Waals surface area contributed by atoms with E-state index < -0.39 is 5.60 Å². The molecule has 0 aliphatic carbocycles. The van der Waals surface area contributed by atoms with Crippen LogP contribution >= 0.6 is 22.9 Å². The predicted octanol–water partition coefficient (Wildman–Crippen LogP) is 4.28. The molecule has 1 saturated heterocycles. The second-order valence-corrected chi connectivity index (χ2v) is 8.55. The second kappa shape index (κ2) is 7.20. The van der Waals surface area contributed by atoms with E-state index in [4.69, 9.17) is 16.3 Å². The van der Waals surface area contributed by atoms with Crippen LogP contribution in [0.4, 0.5) is 4.79 Å². The molecule has 1 aliphatic heterocycles. The number of ether oxygens (including phenoxy) is 1. The first-order valence-corrected chi connectivity index (χ1v) is 8.93. The van der Waals surface area contributed by atoms with Crippen molar-refractivity contribution >= 4 is 29.0 Å². The fourth-order valence-electron chi connectivity index (χ4n) is 2.67. The van der Waals surface area contributed by atoms with Crippen LogP contribution in [0.5, 0.6) is 0 Å². The molecule has 1 aromatic heterocycles. The van der Waals surface area contributed by atoms with Crippen LogP contribution < -0.4 is 5.32 Å². The normalized spacial score (nSPS) is 22.7. The summed E-state index contributed by atoms with van der Waals surface area (Å²) in [5.74, 6) is 0. The van der Waals surface area contributed by atoms with Crippen LogP contribution in [0.2, 0.25) is 4.34 Å². The van der Waals surface area contributed by atoms with Crippen LogP contribution in [-0.4, -0.2) is 35.2 Å². The number of carbonyl (C=O) groups excluding carboxylic acids is 1. The van der Waals surface area contributed by atoms with Crippen molar-refractivity contribution in [3.8, 4) is 0 Å². The van der Waals surface area contributed by atoms with E-state index in [0.717, 1.165) is 30.3 Å². The van der Waals surface area contributed by atoms with E-state index in [1.54, 1.807) is 11.3 Å². The highest BCUT2D eigenvalue weighted by atomic mass is 35.5. The number of carbonyl (C=O) groups is 1. The quantitative estimate of drug-likeness (QED) is 0.889. The van der Waals surface area contributed by atoms with Gasteiger partial charge < -0.3 is 15.0 Å². The Morgan fingerprint density at radius 3 is 2.82 bits per heavy atom. The molecule has 1 fully saturated rings. The number of likely N-dealkylation sites (tertiary alicyclic amines) is 1. The highest BCUT2D eigenvalue weighted by molar-refractivity contribution is 7.16. The Kier molecular flexibility index (Phi) is 5.75. The van der Waals surface area contributed by atoms with Crippen LogP contribution in [0.1, 0.15) is 45.4 Å². The number of amides is 1. The zero-order chi connectivity index (χ0) is 16.3. The van der Waals surface area contributed by atoms with E-state index in [0.29, 0.717) is 0 Å². The standard InChI is InChI=1S/C16H25ClN2O2S/c1-11-13(18-10-12-7-8-14(17)22-12)6-5-9-19(11)15(20)21-16(2,3)4/h7-8,11,13,18H,5-6,9-10H2,1-4H3. The van der Waals surface area contributed by atoms with Gasteiger partial charge in [0.1, 0.15) is 5.60 Å². The molecule has 2 unspecified atom stereocenters. The smallest absolute Gasteiger partial charge is 0.410 e. The van der Waals surface area contributed by atoms with E-state index >= 15 is 0 Å². The largest absolute Gasteiger partial charge is 0.444 e. The number of piperidine rings is 1. The van der Waals surface area contributed by atoms with Gasteiger partial charge in [-0.3, -0.25) is 0 Å². The first-order chi connectivity index (χ1) is 10.3. The molecule has 1 N–H and O–H groups in total. The van der Waals surface area contributed by atoms with Gasteiger partial charge in [-0.1, -0.05) is 11.6 Å². The molecule has 0 spiro atoms. The van der Waals surface area contributed by atoms with Crippen LogP contribution in [0, 0.1) is 0 Å². The first kappa shape index (κ1) is 17.6. The van der Waals surface area contributed by atoms with Crippen LogP contribution in [-0.2, 0) is 11.3 Å². The molecule has 0 aromatic carbocycles. The van der Waals surface area contributed by atoms with Gasteiger partial charge in [-0.2, -0.15) is 0 Å². The highest BCUT2D eigenvalue weighted by Gasteiger charge is 2.33. The molecular weight excluding hydrogens is 320 g/mol. The molecule has 6 heteroatoms. The molecule has 0 saturated carbocycles. The van der Waals surface area contributed by atoms with E-state index in [9.17, 15) is 4.79 Å². The molecule has 124 valence electrons. The molecule has 22 heavy (non-hydrogen) atoms. The molecule has 2 heterocycles. The van der Waals surface area contributed by atoms with E-state index in [2.05, 4.69) is 12.2 Å². The Morgan fingerprint density at radius 1 is 1.50 bits per heavy atom. The zero-order valence-corrected chi connectivity index (χ0v) is 15.3. The Bertz CT molecular complexity index is 512. The van der Waals surface area contributed by atoms with Crippen molar-refractivity contribution in [3.05, 3.63) is 21.3 Å². The SMILES string of the molecule is CC1C(NCc2ccc(Cl)s2)CCCN1C(=O)OC(C)(C)C. The molecule has 2 rings (SSSR count). The van der Waals surface area contributed by atoms with Crippen LogP contribution in [0.3, 0.4) is 0 Å². The fourth-order valence-corrected chi connectivity index (χ4v) is 3.71. The van der Waals surface area contributed by atoms with Crippen LogP contribution in [0.15, 0.2) is 12.1 Å². The van der Waals surface area contributed by atoms with Crippen molar-refractivity contribution in [2.24, 2.45) is 0 Å². The summed E-state index contributed by atoms with van der Waals surface area (Å²) < 4.78 is 6.32. The lowest BCUT2D eigenvalue weighted by Gasteiger charge is -2.40. The van der Waals surface area contributed by atoms with E-state index in [1.165, 1.54) is 4.88 Å². The zero-order valence-electron chi connectivity index (χ0n) is 13.7. The summed E-state index contributed by atoms with van der Waals surface area (Å²) in [6, 6.07) is 4.36. The van der Waals surface area contributed by atoms with Crippen molar-refractivity contribution in [2.45, 2.75) is 64.8 Å². The highest BCUT2D eigenvalue weighted by Crippen LogP contribution is 2.24. The Labute approximate surface area is 141 Å². The predicted molar refractivity (Wildman–Crippen MR) is 91.6 cm³/mol. The van der Waals surface area contributed by atoms with Crippen molar-refractivity contribution in [3.63, 3.8) is 0 Å². The number of hydrogen-bond donors (Lipinski definition) is 1. The van der Waals surface area contributed by atoms with Gasteiger partial charge in [-0.15, -0.1) is 11.3 Å². The number of thiophene rings is 1. The van der Waals surface area contributed by atoms with Gasteiger partial charge >= 0.3 is 6.09 Å². The fraction of sp³-hybridized carbons (Fsp3) is 0.688. The number of halogens is 1. The summed E-state index contributed by atoms with van der Waals surface area (Å²) in [7, 11) is 0. The van der Waals surface area contributed by atoms with E-state index in [1.807, 2.05) is 37.8 Å². The van der Waals surface area contributed by atoms with Gasteiger partial charge in [0.2, 0.25) is 0 Å². The number of nitrogens with one attached hydrogen (secondary N) is 1. The lowest BCUT2D eigenvalue weighted by molar-refractivity contribution is 0.00700. The minimum absolute atomic E-state index is 0.124. The summed E-state index contributed by atoms with van der Waals surface area (Å²) in [4.78, 5) is 15.4. The summed E-state index contributed by atoms with van der Waals surface area (Å²) >= 11 is 7.55.